The molecule has 0 amide bonds. The average Bonchev–Trinajstić information content (AvgIpc) is 2.32. The van der Waals surface area contributed by atoms with Crippen molar-refractivity contribution in [1.29, 1.82) is 0 Å². The van der Waals surface area contributed by atoms with Crippen LogP contribution in [-0.2, 0) is 5.41 Å². The third-order valence-electron chi connectivity index (χ3n) is 2.92. The second-order valence-electron chi connectivity index (χ2n) is 5.60. The van der Waals surface area contributed by atoms with Crippen molar-refractivity contribution in [2.24, 2.45) is 0 Å². The van der Waals surface area contributed by atoms with Crippen molar-refractivity contribution in [3.05, 3.63) is 53.5 Å². The number of rotatable bonds is 1. The Kier molecular flexibility index (Phi) is 3.20. The molecular weight excluding hydrogens is 225 g/mol. The van der Waals surface area contributed by atoms with Crippen molar-refractivity contribution in [2.75, 3.05) is 0 Å². The molecule has 1 aromatic heterocycles. The van der Waals surface area contributed by atoms with Crippen molar-refractivity contribution < 1.29 is 4.39 Å². The van der Waals surface area contributed by atoms with E-state index < -0.39 is 0 Å². The molecule has 2 rings (SSSR count). The minimum absolute atomic E-state index is 0.192. The van der Waals surface area contributed by atoms with Crippen LogP contribution in [0.5, 0.6) is 0 Å². The number of halogens is 1. The summed E-state index contributed by atoms with van der Waals surface area (Å²) >= 11 is 0. The molecule has 0 radical (unpaired) electrons. The number of hydrogen-bond donors (Lipinski definition) is 0. The smallest absolute Gasteiger partial charge is 0.148 e. The van der Waals surface area contributed by atoms with E-state index >= 15 is 0 Å². The Morgan fingerprint density at radius 3 is 2.22 bits per heavy atom. The number of aryl methyl sites for hydroxylation is 1. The van der Waals surface area contributed by atoms with Crippen LogP contribution in [0, 0.1) is 12.7 Å². The molecular formula is C16H18FN. The fraction of sp³-hybridized carbons (Fsp3) is 0.312. The van der Waals surface area contributed by atoms with Gasteiger partial charge >= 0.3 is 0 Å². The lowest BCUT2D eigenvalue weighted by atomic mass is 9.89. The van der Waals surface area contributed by atoms with Gasteiger partial charge in [-0.3, -0.25) is 0 Å². The summed E-state index contributed by atoms with van der Waals surface area (Å²) in [6, 6.07) is 11.7. The predicted molar refractivity (Wildman–Crippen MR) is 73.1 cm³/mol. The minimum Gasteiger partial charge on any atom is -0.249 e. The monoisotopic (exact) mass is 243 g/mol. The Balaban J connectivity index is 2.62. The van der Waals surface area contributed by atoms with Gasteiger partial charge in [0.05, 0.1) is 11.4 Å². The Hall–Kier alpha value is -1.70. The van der Waals surface area contributed by atoms with E-state index in [0.29, 0.717) is 11.3 Å². The summed E-state index contributed by atoms with van der Waals surface area (Å²) in [5.74, 6) is -0.192. The van der Waals surface area contributed by atoms with Gasteiger partial charge in [-0.05, 0) is 18.6 Å². The predicted octanol–water partition coefficient (Wildman–Crippen LogP) is 4.49. The van der Waals surface area contributed by atoms with Gasteiger partial charge in [-0.25, -0.2) is 9.37 Å². The van der Waals surface area contributed by atoms with Gasteiger partial charge < -0.3 is 0 Å². The molecule has 1 nitrogen and oxygen atoms in total. The first kappa shape index (κ1) is 12.7. The topological polar surface area (TPSA) is 12.9 Å². The van der Waals surface area contributed by atoms with E-state index in [-0.39, 0.29) is 11.2 Å². The Morgan fingerprint density at radius 2 is 1.67 bits per heavy atom. The highest BCUT2D eigenvalue weighted by molar-refractivity contribution is 5.60. The Bertz CT molecular complexity index is 553. The highest BCUT2D eigenvalue weighted by atomic mass is 19.1. The van der Waals surface area contributed by atoms with Crippen LogP contribution in [0.2, 0.25) is 0 Å². The Labute approximate surface area is 108 Å². The molecule has 0 saturated heterocycles. The van der Waals surface area contributed by atoms with Gasteiger partial charge in [-0.1, -0.05) is 51.1 Å². The van der Waals surface area contributed by atoms with E-state index in [1.807, 2.05) is 51.1 Å². The maximum absolute atomic E-state index is 14.1. The van der Waals surface area contributed by atoms with Crippen molar-refractivity contribution in [2.45, 2.75) is 33.1 Å². The molecule has 18 heavy (non-hydrogen) atoms. The van der Waals surface area contributed by atoms with Gasteiger partial charge in [0.1, 0.15) is 5.82 Å². The van der Waals surface area contributed by atoms with Crippen LogP contribution in [0.25, 0.3) is 11.3 Å². The molecule has 0 atom stereocenters. The fourth-order valence-corrected chi connectivity index (χ4v) is 1.91. The standard InChI is InChI=1S/C16H18FN/c1-11-10-13(12-8-6-5-7-9-12)18-15(14(11)17)16(2,3)4/h5-10H,1-4H3. The zero-order valence-corrected chi connectivity index (χ0v) is 11.3. The molecule has 2 heteroatoms. The van der Waals surface area contributed by atoms with Crippen LogP contribution in [0.15, 0.2) is 36.4 Å². The Morgan fingerprint density at radius 1 is 1.06 bits per heavy atom. The fourth-order valence-electron chi connectivity index (χ4n) is 1.91. The lowest BCUT2D eigenvalue weighted by Crippen LogP contribution is -2.17. The highest BCUT2D eigenvalue weighted by Gasteiger charge is 2.22. The van der Waals surface area contributed by atoms with Crippen LogP contribution in [0.4, 0.5) is 4.39 Å². The van der Waals surface area contributed by atoms with Crippen LogP contribution < -0.4 is 0 Å². The van der Waals surface area contributed by atoms with E-state index in [0.717, 1.165) is 11.3 Å². The van der Waals surface area contributed by atoms with Gasteiger partial charge in [-0.2, -0.15) is 0 Å². The van der Waals surface area contributed by atoms with E-state index in [2.05, 4.69) is 4.98 Å². The van der Waals surface area contributed by atoms with Gasteiger partial charge in [0.25, 0.3) is 0 Å². The van der Waals surface area contributed by atoms with Crippen LogP contribution in [0.3, 0.4) is 0 Å². The molecule has 0 N–H and O–H groups in total. The van der Waals surface area contributed by atoms with Gasteiger partial charge in [0, 0.05) is 11.0 Å². The molecule has 2 aromatic rings. The highest BCUT2D eigenvalue weighted by Crippen LogP contribution is 2.28. The minimum atomic E-state index is -0.292. The van der Waals surface area contributed by atoms with E-state index in [9.17, 15) is 4.39 Å². The first-order chi connectivity index (χ1) is 8.39. The van der Waals surface area contributed by atoms with E-state index in [1.54, 1.807) is 13.0 Å². The number of aromatic nitrogens is 1. The quantitative estimate of drug-likeness (QED) is 0.719. The number of hydrogen-bond acceptors (Lipinski definition) is 1. The van der Waals surface area contributed by atoms with E-state index in [4.69, 9.17) is 0 Å². The lowest BCUT2D eigenvalue weighted by Gasteiger charge is -2.20. The molecule has 1 aromatic carbocycles. The van der Waals surface area contributed by atoms with Crippen molar-refractivity contribution in [3.63, 3.8) is 0 Å². The van der Waals surface area contributed by atoms with Gasteiger partial charge in [-0.15, -0.1) is 0 Å². The van der Waals surface area contributed by atoms with Crippen LogP contribution >= 0.6 is 0 Å². The maximum atomic E-state index is 14.1. The molecule has 0 bridgehead atoms. The van der Waals surface area contributed by atoms with Crippen molar-refractivity contribution in [3.8, 4) is 11.3 Å². The second-order valence-corrected chi connectivity index (χ2v) is 5.60. The summed E-state index contributed by atoms with van der Waals surface area (Å²) in [4.78, 5) is 4.50. The maximum Gasteiger partial charge on any atom is 0.148 e. The molecule has 0 aliphatic rings. The van der Waals surface area contributed by atoms with Crippen molar-refractivity contribution in [1.82, 2.24) is 4.98 Å². The molecule has 0 fully saturated rings. The summed E-state index contributed by atoms with van der Waals surface area (Å²) in [7, 11) is 0. The first-order valence-corrected chi connectivity index (χ1v) is 6.12. The SMILES string of the molecule is Cc1cc(-c2ccccc2)nc(C(C)(C)C)c1F. The molecule has 94 valence electrons. The zero-order valence-electron chi connectivity index (χ0n) is 11.3. The molecule has 1 heterocycles. The molecule has 0 aliphatic heterocycles. The summed E-state index contributed by atoms with van der Waals surface area (Å²) in [6.07, 6.45) is 0. The summed E-state index contributed by atoms with van der Waals surface area (Å²) < 4.78 is 14.1. The summed E-state index contributed by atoms with van der Waals surface area (Å²) in [5.41, 5.74) is 2.74. The molecule has 0 spiro atoms. The van der Waals surface area contributed by atoms with Gasteiger partial charge in [0.15, 0.2) is 0 Å². The average molecular weight is 243 g/mol. The lowest BCUT2D eigenvalue weighted by molar-refractivity contribution is 0.499. The van der Waals surface area contributed by atoms with Crippen LogP contribution in [0.1, 0.15) is 32.0 Å². The van der Waals surface area contributed by atoms with Gasteiger partial charge in [0.2, 0.25) is 0 Å². The van der Waals surface area contributed by atoms with E-state index in [1.165, 1.54) is 0 Å². The third-order valence-corrected chi connectivity index (χ3v) is 2.92. The molecule has 0 unspecified atom stereocenters. The first-order valence-electron chi connectivity index (χ1n) is 6.12. The number of nitrogens with zero attached hydrogens (tertiary/aromatic N) is 1. The summed E-state index contributed by atoms with van der Waals surface area (Å²) in [6.45, 7) is 7.73. The van der Waals surface area contributed by atoms with Crippen molar-refractivity contribution >= 4 is 0 Å². The van der Waals surface area contributed by atoms with Crippen LogP contribution in [-0.4, -0.2) is 4.98 Å². The zero-order chi connectivity index (χ0) is 13.3. The number of pyridine rings is 1. The molecule has 0 aliphatic carbocycles. The third kappa shape index (κ3) is 2.42. The summed E-state index contributed by atoms with van der Waals surface area (Å²) in [5, 5.41) is 0. The second kappa shape index (κ2) is 4.52. The largest absolute Gasteiger partial charge is 0.249 e. The number of benzene rings is 1. The molecule has 0 saturated carbocycles. The normalized spacial score (nSPS) is 11.6.